The number of fused-ring (bicyclic) bond motifs is 1. The molecule has 0 aromatic carbocycles. The van der Waals surface area contributed by atoms with Crippen LogP contribution >= 0.6 is 0 Å². The number of hydrogen-bond donors (Lipinski definition) is 1. The van der Waals surface area contributed by atoms with Crippen LogP contribution in [0.2, 0.25) is 0 Å². The Hall–Kier alpha value is -1.71. The second-order valence-electron chi connectivity index (χ2n) is 6.83. The summed E-state index contributed by atoms with van der Waals surface area (Å²) in [6.07, 6.45) is 5.16. The van der Waals surface area contributed by atoms with Crippen LogP contribution in [0.25, 0.3) is 11.0 Å². The summed E-state index contributed by atoms with van der Waals surface area (Å²) in [5, 5.41) is 0.995. The van der Waals surface area contributed by atoms with E-state index in [4.69, 9.17) is 4.74 Å². The summed E-state index contributed by atoms with van der Waals surface area (Å²) in [6.45, 7) is 1.95. The minimum atomic E-state index is -3.18. The standard InChI is InChI=1S/C16H23N5O3S/c1-20(16-14-2-3-17-15(14)18-11-19-16)13-8-12(9-13)10-25(22,23)21-4-6-24-7-5-21/h2-3,11-13H,4-10H2,1H3,(H,17,18,19)/t12-,13+. The van der Waals surface area contributed by atoms with Crippen LogP contribution < -0.4 is 4.90 Å². The normalized spacial score (nSPS) is 25.0. The molecular weight excluding hydrogens is 342 g/mol. The first-order chi connectivity index (χ1) is 12.0. The summed E-state index contributed by atoms with van der Waals surface area (Å²) in [7, 11) is -1.16. The number of aromatic amines is 1. The number of hydrogen-bond acceptors (Lipinski definition) is 6. The van der Waals surface area contributed by atoms with E-state index in [1.165, 1.54) is 0 Å². The van der Waals surface area contributed by atoms with Gasteiger partial charge in [0.05, 0.1) is 24.4 Å². The molecule has 4 rings (SSSR count). The van der Waals surface area contributed by atoms with E-state index in [9.17, 15) is 8.42 Å². The molecular formula is C16H23N5O3S. The third-order valence-corrected chi connectivity index (χ3v) is 7.28. The molecule has 136 valence electrons. The van der Waals surface area contributed by atoms with Crippen LogP contribution in [0.3, 0.4) is 0 Å². The predicted molar refractivity (Wildman–Crippen MR) is 95.0 cm³/mol. The van der Waals surface area contributed by atoms with Gasteiger partial charge in [0.1, 0.15) is 17.8 Å². The Kier molecular flexibility index (Phi) is 4.38. The number of H-pyrrole nitrogens is 1. The van der Waals surface area contributed by atoms with Crippen molar-refractivity contribution in [3.05, 3.63) is 18.6 Å². The quantitative estimate of drug-likeness (QED) is 0.844. The van der Waals surface area contributed by atoms with Gasteiger partial charge in [-0.05, 0) is 24.8 Å². The van der Waals surface area contributed by atoms with Gasteiger partial charge >= 0.3 is 0 Å². The first-order valence-corrected chi connectivity index (χ1v) is 10.2. The average Bonchev–Trinajstić information content (AvgIpc) is 3.06. The molecule has 3 heterocycles. The van der Waals surface area contributed by atoms with E-state index in [1.54, 1.807) is 10.6 Å². The summed E-state index contributed by atoms with van der Waals surface area (Å²) < 4.78 is 31.8. The largest absolute Gasteiger partial charge is 0.379 e. The molecule has 1 saturated heterocycles. The molecule has 25 heavy (non-hydrogen) atoms. The van der Waals surface area contributed by atoms with Crippen LogP contribution in [0.4, 0.5) is 5.82 Å². The third kappa shape index (κ3) is 3.23. The van der Waals surface area contributed by atoms with Crippen LogP contribution in [0, 0.1) is 5.92 Å². The molecule has 0 radical (unpaired) electrons. The highest BCUT2D eigenvalue weighted by Gasteiger charge is 2.38. The highest BCUT2D eigenvalue weighted by Crippen LogP contribution is 2.36. The van der Waals surface area contributed by atoms with Crippen LogP contribution in [0.15, 0.2) is 18.6 Å². The van der Waals surface area contributed by atoms with E-state index < -0.39 is 10.0 Å². The molecule has 1 aliphatic carbocycles. The lowest BCUT2D eigenvalue weighted by atomic mass is 9.81. The van der Waals surface area contributed by atoms with E-state index in [2.05, 4.69) is 19.9 Å². The van der Waals surface area contributed by atoms with E-state index in [1.807, 2.05) is 19.3 Å². The second kappa shape index (κ2) is 6.54. The Labute approximate surface area is 147 Å². The molecule has 0 unspecified atom stereocenters. The van der Waals surface area contributed by atoms with Crippen molar-refractivity contribution < 1.29 is 13.2 Å². The van der Waals surface area contributed by atoms with Gasteiger partial charge < -0.3 is 14.6 Å². The van der Waals surface area contributed by atoms with Gasteiger partial charge in [-0.15, -0.1) is 0 Å². The van der Waals surface area contributed by atoms with Crippen molar-refractivity contribution in [1.29, 1.82) is 0 Å². The topological polar surface area (TPSA) is 91.4 Å². The molecule has 2 aliphatic rings. The van der Waals surface area contributed by atoms with Crippen molar-refractivity contribution in [2.24, 2.45) is 5.92 Å². The maximum absolute atomic E-state index is 12.5. The molecule has 1 N–H and O–H groups in total. The smallest absolute Gasteiger partial charge is 0.214 e. The van der Waals surface area contributed by atoms with Gasteiger partial charge in [-0.25, -0.2) is 18.4 Å². The molecule has 0 atom stereocenters. The lowest BCUT2D eigenvalue weighted by Gasteiger charge is -2.42. The Bertz CT molecular complexity index is 840. The molecule has 0 spiro atoms. The molecule has 1 aliphatic heterocycles. The number of anilines is 1. The zero-order valence-corrected chi connectivity index (χ0v) is 15.1. The second-order valence-corrected chi connectivity index (χ2v) is 8.84. The van der Waals surface area contributed by atoms with Gasteiger partial charge in [0.25, 0.3) is 0 Å². The van der Waals surface area contributed by atoms with E-state index in [0.29, 0.717) is 32.3 Å². The van der Waals surface area contributed by atoms with Gasteiger partial charge in [-0.3, -0.25) is 0 Å². The number of nitrogens with zero attached hydrogens (tertiary/aromatic N) is 4. The Morgan fingerprint density at radius 2 is 2.08 bits per heavy atom. The lowest BCUT2D eigenvalue weighted by Crippen LogP contribution is -2.48. The zero-order valence-electron chi connectivity index (χ0n) is 14.3. The Morgan fingerprint density at radius 1 is 1.32 bits per heavy atom. The molecule has 2 aromatic heterocycles. The van der Waals surface area contributed by atoms with Gasteiger partial charge in [-0.1, -0.05) is 0 Å². The number of ether oxygens (including phenoxy) is 1. The third-order valence-electron chi connectivity index (χ3n) is 5.24. The number of rotatable bonds is 5. The van der Waals surface area contributed by atoms with Crippen LogP contribution in [-0.2, 0) is 14.8 Å². The van der Waals surface area contributed by atoms with Crippen LogP contribution in [0.5, 0.6) is 0 Å². The SMILES string of the molecule is CN(c1ncnc2[nH]ccc12)[C@H]1C[C@@H](CS(=O)(=O)N2CCOCC2)C1. The Balaban J connectivity index is 1.38. The average molecular weight is 365 g/mol. The molecule has 0 bridgehead atoms. The predicted octanol–water partition coefficient (Wildman–Crippen LogP) is 0.835. The molecule has 9 heteroatoms. The highest BCUT2D eigenvalue weighted by atomic mass is 32.2. The maximum Gasteiger partial charge on any atom is 0.214 e. The number of aromatic nitrogens is 3. The first-order valence-electron chi connectivity index (χ1n) is 8.61. The van der Waals surface area contributed by atoms with Crippen molar-refractivity contribution in [3.63, 3.8) is 0 Å². The minimum absolute atomic E-state index is 0.212. The number of nitrogens with one attached hydrogen (secondary N) is 1. The van der Waals surface area contributed by atoms with E-state index in [-0.39, 0.29) is 11.7 Å². The fourth-order valence-corrected chi connectivity index (χ4v) is 5.48. The number of sulfonamides is 1. The summed E-state index contributed by atoms with van der Waals surface area (Å²) in [5.41, 5.74) is 0.822. The lowest BCUT2D eigenvalue weighted by molar-refractivity contribution is 0.0726. The summed E-state index contributed by atoms with van der Waals surface area (Å²) >= 11 is 0. The maximum atomic E-state index is 12.5. The van der Waals surface area contributed by atoms with Gasteiger partial charge in [-0.2, -0.15) is 4.31 Å². The molecule has 1 saturated carbocycles. The van der Waals surface area contributed by atoms with Crippen molar-refractivity contribution in [2.75, 3.05) is 44.0 Å². The molecule has 8 nitrogen and oxygen atoms in total. The fraction of sp³-hybridized carbons (Fsp3) is 0.625. The minimum Gasteiger partial charge on any atom is -0.379 e. The van der Waals surface area contributed by atoms with Crippen molar-refractivity contribution in [1.82, 2.24) is 19.3 Å². The monoisotopic (exact) mass is 365 g/mol. The van der Waals surface area contributed by atoms with Crippen molar-refractivity contribution in [2.45, 2.75) is 18.9 Å². The Morgan fingerprint density at radius 3 is 2.84 bits per heavy atom. The molecule has 2 fully saturated rings. The number of morpholine rings is 1. The van der Waals surface area contributed by atoms with Crippen LogP contribution in [0.1, 0.15) is 12.8 Å². The summed E-state index contributed by atoms with van der Waals surface area (Å²) in [4.78, 5) is 13.9. The van der Waals surface area contributed by atoms with Gasteiger partial charge in [0.15, 0.2) is 0 Å². The first kappa shape index (κ1) is 16.7. The van der Waals surface area contributed by atoms with Crippen molar-refractivity contribution in [3.8, 4) is 0 Å². The van der Waals surface area contributed by atoms with E-state index >= 15 is 0 Å². The van der Waals surface area contributed by atoms with E-state index in [0.717, 1.165) is 29.7 Å². The van der Waals surface area contributed by atoms with Crippen molar-refractivity contribution >= 4 is 26.9 Å². The molecule has 2 aromatic rings. The van der Waals surface area contributed by atoms with Gasteiger partial charge in [0.2, 0.25) is 10.0 Å². The zero-order chi connectivity index (χ0) is 17.4. The van der Waals surface area contributed by atoms with Crippen LogP contribution in [-0.4, -0.2) is 72.8 Å². The fourth-order valence-electron chi connectivity index (χ4n) is 3.69. The highest BCUT2D eigenvalue weighted by molar-refractivity contribution is 7.89. The summed E-state index contributed by atoms with van der Waals surface area (Å²) in [6, 6.07) is 2.29. The van der Waals surface area contributed by atoms with Gasteiger partial charge in [0, 0.05) is 32.4 Å². The summed E-state index contributed by atoms with van der Waals surface area (Å²) in [5.74, 6) is 1.34. The molecule has 0 amide bonds.